The molecular formula is C11H17N3O2. The van der Waals surface area contributed by atoms with Crippen LogP contribution in [0, 0.1) is 5.92 Å². The van der Waals surface area contributed by atoms with Crippen LogP contribution < -0.4 is 9.64 Å². The third-order valence-corrected chi connectivity index (χ3v) is 2.94. The Kier molecular flexibility index (Phi) is 3.56. The summed E-state index contributed by atoms with van der Waals surface area (Å²) in [6, 6.07) is 3.72. The van der Waals surface area contributed by atoms with Gasteiger partial charge in [-0.2, -0.15) is 0 Å². The van der Waals surface area contributed by atoms with Crippen LogP contribution in [0.3, 0.4) is 0 Å². The molecule has 1 N–H and O–H groups in total. The number of aliphatic hydroxyl groups is 1. The van der Waals surface area contributed by atoms with Crippen molar-refractivity contribution >= 4 is 5.82 Å². The van der Waals surface area contributed by atoms with E-state index >= 15 is 0 Å². The van der Waals surface area contributed by atoms with Crippen molar-refractivity contribution in [1.29, 1.82) is 0 Å². The first-order valence-corrected chi connectivity index (χ1v) is 5.57. The summed E-state index contributed by atoms with van der Waals surface area (Å²) < 4.78 is 4.97. The Hall–Kier alpha value is -1.36. The Morgan fingerprint density at radius 1 is 1.50 bits per heavy atom. The predicted octanol–water partition coefficient (Wildman–Crippen LogP) is 0.694. The highest BCUT2D eigenvalue weighted by Crippen LogP contribution is 2.21. The molecule has 0 saturated carbocycles. The van der Waals surface area contributed by atoms with Crippen LogP contribution in [-0.4, -0.2) is 42.1 Å². The third kappa shape index (κ3) is 2.41. The molecule has 1 aliphatic heterocycles. The Labute approximate surface area is 95.1 Å². The maximum atomic E-state index is 9.16. The van der Waals surface area contributed by atoms with Gasteiger partial charge in [0.15, 0.2) is 5.82 Å². The van der Waals surface area contributed by atoms with Gasteiger partial charge in [0.1, 0.15) is 0 Å². The number of aliphatic hydroxyl groups excluding tert-OH is 1. The van der Waals surface area contributed by atoms with Crippen LogP contribution in [0.1, 0.15) is 12.8 Å². The molecule has 88 valence electrons. The molecule has 1 aliphatic rings. The highest BCUT2D eigenvalue weighted by atomic mass is 16.5. The molecule has 0 bridgehead atoms. The number of hydrogen-bond acceptors (Lipinski definition) is 5. The van der Waals surface area contributed by atoms with Crippen molar-refractivity contribution in [2.24, 2.45) is 5.92 Å². The smallest absolute Gasteiger partial charge is 0.233 e. The molecule has 1 aromatic rings. The van der Waals surface area contributed by atoms with E-state index in [0.717, 1.165) is 31.7 Å². The van der Waals surface area contributed by atoms with Gasteiger partial charge in [-0.3, -0.25) is 0 Å². The number of rotatable bonds is 3. The molecule has 16 heavy (non-hydrogen) atoms. The number of ether oxygens (including phenoxy) is 1. The third-order valence-electron chi connectivity index (χ3n) is 2.94. The Morgan fingerprint density at radius 2 is 2.38 bits per heavy atom. The topological polar surface area (TPSA) is 58.5 Å². The maximum absolute atomic E-state index is 9.16. The molecule has 1 aromatic heterocycles. The summed E-state index contributed by atoms with van der Waals surface area (Å²) in [5.74, 6) is 1.75. The Balaban J connectivity index is 2.05. The van der Waals surface area contributed by atoms with Crippen LogP contribution in [0.2, 0.25) is 0 Å². The van der Waals surface area contributed by atoms with Crippen LogP contribution in [0.5, 0.6) is 5.88 Å². The summed E-state index contributed by atoms with van der Waals surface area (Å²) in [6.45, 7) is 2.09. The first-order valence-electron chi connectivity index (χ1n) is 5.57. The average molecular weight is 223 g/mol. The summed E-state index contributed by atoms with van der Waals surface area (Å²) in [5.41, 5.74) is 0. The SMILES string of the molecule is COc1ccc(N2CCCC(CO)C2)nn1. The summed E-state index contributed by atoms with van der Waals surface area (Å²) in [6.07, 6.45) is 2.19. The van der Waals surface area contributed by atoms with Crippen molar-refractivity contribution in [2.45, 2.75) is 12.8 Å². The van der Waals surface area contributed by atoms with Gasteiger partial charge in [0.05, 0.1) is 7.11 Å². The molecule has 2 heterocycles. The summed E-state index contributed by atoms with van der Waals surface area (Å²) in [5, 5.41) is 17.2. The van der Waals surface area contributed by atoms with Crippen molar-refractivity contribution in [2.75, 3.05) is 31.7 Å². The van der Waals surface area contributed by atoms with Gasteiger partial charge in [-0.1, -0.05) is 0 Å². The second kappa shape index (κ2) is 5.12. The van der Waals surface area contributed by atoms with Gasteiger partial charge in [-0.05, 0) is 24.8 Å². The van der Waals surface area contributed by atoms with E-state index < -0.39 is 0 Å². The zero-order chi connectivity index (χ0) is 11.4. The zero-order valence-corrected chi connectivity index (χ0v) is 9.46. The molecule has 2 rings (SSSR count). The van der Waals surface area contributed by atoms with E-state index in [1.807, 2.05) is 12.1 Å². The second-order valence-corrected chi connectivity index (χ2v) is 4.07. The van der Waals surface area contributed by atoms with Gasteiger partial charge in [0.25, 0.3) is 0 Å². The first-order chi connectivity index (χ1) is 7.83. The molecule has 1 saturated heterocycles. The minimum absolute atomic E-state index is 0.250. The zero-order valence-electron chi connectivity index (χ0n) is 9.46. The molecule has 0 spiro atoms. The van der Waals surface area contributed by atoms with Crippen molar-refractivity contribution in [1.82, 2.24) is 10.2 Å². The van der Waals surface area contributed by atoms with Gasteiger partial charge in [-0.15, -0.1) is 10.2 Å². The maximum Gasteiger partial charge on any atom is 0.233 e. The standard InChI is InChI=1S/C11H17N3O2/c1-16-11-5-4-10(12-13-11)14-6-2-3-9(7-14)8-15/h4-5,9,15H,2-3,6-8H2,1H3. The summed E-state index contributed by atoms with van der Waals surface area (Å²) in [7, 11) is 1.58. The number of piperidine rings is 1. The number of anilines is 1. The largest absolute Gasteiger partial charge is 0.480 e. The normalized spacial score (nSPS) is 20.9. The first kappa shape index (κ1) is 11.1. The van der Waals surface area contributed by atoms with E-state index in [1.165, 1.54) is 0 Å². The number of aromatic nitrogens is 2. The average Bonchev–Trinajstić information content (AvgIpc) is 2.39. The molecule has 0 amide bonds. The predicted molar refractivity (Wildman–Crippen MR) is 60.6 cm³/mol. The second-order valence-electron chi connectivity index (χ2n) is 4.07. The van der Waals surface area contributed by atoms with Gasteiger partial charge in [0.2, 0.25) is 5.88 Å². The molecular weight excluding hydrogens is 206 g/mol. The minimum atomic E-state index is 0.250. The van der Waals surface area contributed by atoms with Crippen molar-refractivity contribution in [3.05, 3.63) is 12.1 Å². The molecule has 0 aliphatic carbocycles. The van der Waals surface area contributed by atoms with Gasteiger partial charge in [-0.25, -0.2) is 0 Å². The lowest BCUT2D eigenvalue weighted by molar-refractivity contribution is 0.208. The van der Waals surface area contributed by atoms with Gasteiger partial charge in [0, 0.05) is 25.8 Å². The van der Waals surface area contributed by atoms with Gasteiger partial charge < -0.3 is 14.7 Å². The summed E-state index contributed by atoms with van der Waals surface area (Å²) in [4.78, 5) is 2.16. The van der Waals surface area contributed by atoms with E-state index in [2.05, 4.69) is 15.1 Å². The lowest BCUT2D eigenvalue weighted by Gasteiger charge is -2.32. The molecule has 1 unspecified atom stereocenters. The fourth-order valence-electron chi connectivity index (χ4n) is 2.01. The van der Waals surface area contributed by atoms with Crippen molar-refractivity contribution in [3.8, 4) is 5.88 Å². The van der Waals surface area contributed by atoms with E-state index in [4.69, 9.17) is 9.84 Å². The van der Waals surface area contributed by atoms with Crippen molar-refractivity contribution in [3.63, 3.8) is 0 Å². The summed E-state index contributed by atoms with van der Waals surface area (Å²) >= 11 is 0. The lowest BCUT2D eigenvalue weighted by Crippen LogP contribution is -2.37. The van der Waals surface area contributed by atoms with E-state index in [-0.39, 0.29) is 6.61 Å². The highest BCUT2D eigenvalue weighted by Gasteiger charge is 2.20. The van der Waals surface area contributed by atoms with Crippen molar-refractivity contribution < 1.29 is 9.84 Å². The van der Waals surface area contributed by atoms with Crippen LogP contribution in [0.15, 0.2) is 12.1 Å². The molecule has 5 nitrogen and oxygen atoms in total. The van der Waals surface area contributed by atoms with Crippen LogP contribution >= 0.6 is 0 Å². The number of nitrogens with zero attached hydrogens (tertiary/aromatic N) is 3. The fourth-order valence-corrected chi connectivity index (χ4v) is 2.01. The monoisotopic (exact) mass is 223 g/mol. The van der Waals surface area contributed by atoms with E-state index in [1.54, 1.807) is 7.11 Å². The van der Waals surface area contributed by atoms with Crippen LogP contribution in [0.25, 0.3) is 0 Å². The molecule has 0 aromatic carbocycles. The van der Waals surface area contributed by atoms with E-state index in [9.17, 15) is 0 Å². The quantitative estimate of drug-likeness (QED) is 0.817. The highest BCUT2D eigenvalue weighted by molar-refractivity contribution is 5.38. The Morgan fingerprint density at radius 3 is 3.00 bits per heavy atom. The molecule has 1 atom stereocenters. The lowest BCUT2D eigenvalue weighted by atomic mass is 9.99. The van der Waals surface area contributed by atoms with Crippen LogP contribution in [-0.2, 0) is 0 Å². The number of hydrogen-bond donors (Lipinski definition) is 1. The van der Waals surface area contributed by atoms with Gasteiger partial charge >= 0.3 is 0 Å². The molecule has 5 heteroatoms. The Bertz CT molecular complexity index is 329. The fraction of sp³-hybridized carbons (Fsp3) is 0.636. The van der Waals surface area contributed by atoms with E-state index in [0.29, 0.717) is 11.8 Å². The minimum Gasteiger partial charge on any atom is -0.480 e. The molecule has 1 fully saturated rings. The molecule has 0 radical (unpaired) electrons. The van der Waals surface area contributed by atoms with Crippen LogP contribution in [0.4, 0.5) is 5.82 Å². The number of methoxy groups -OCH3 is 1.